The third-order valence-corrected chi connectivity index (χ3v) is 5.14. The molecule has 0 saturated heterocycles. The molecule has 114 valence electrons. The summed E-state index contributed by atoms with van der Waals surface area (Å²) in [7, 11) is 0. The van der Waals surface area contributed by atoms with Gasteiger partial charge in [0.2, 0.25) is 0 Å². The standard InChI is InChI=1S/C19H20FNO/c20-15-5-6-18-17(12-15)14(8-10-22)11-19-16-4-2-1-3-13(16)7-9-21(18)19/h1-6,12,14,19,22H,7-11H2/t14-,19-/m1/s1. The zero-order valence-corrected chi connectivity index (χ0v) is 12.5. The molecule has 2 aromatic rings. The molecule has 0 bridgehead atoms. The van der Waals surface area contributed by atoms with Gasteiger partial charge in [-0.05, 0) is 60.1 Å². The summed E-state index contributed by atoms with van der Waals surface area (Å²) in [6, 6.07) is 14.1. The lowest BCUT2D eigenvalue weighted by atomic mass is 9.78. The van der Waals surface area contributed by atoms with Gasteiger partial charge in [0.05, 0.1) is 6.04 Å². The molecule has 2 aliphatic heterocycles. The maximum Gasteiger partial charge on any atom is 0.123 e. The molecule has 2 atom stereocenters. The van der Waals surface area contributed by atoms with E-state index in [1.54, 1.807) is 12.1 Å². The highest BCUT2D eigenvalue weighted by molar-refractivity contribution is 5.61. The molecule has 0 aromatic heterocycles. The van der Waals surface area contributed by atoms with Gasteiger partial charge >= 0.3 is 0 Å². The molecule has 0 unspecified atom stereocenters. The minimum Gasteiger partial charge on any atom is -0.396 e. The largest absolute Gasteiger partial charge is 0.396 e. The van der Waals surface area contributed by atoms with Crippen LogP contribution in [0.2, 0.25) is 0 Å². The van der Waals surface area contributed by atoms with E-state index in [2.05, 4.69) is 29.2 Å². The first-order valence-corrected chi connectivity index (χ1v) is 8.02. The van der Waals surface area contributed by atoms with Gasteiger partial charge in [-0.2, -0.15) is 0 Å². The second-order valence-corrected chi connectivity index (χ2v) is 6.31. The van der Waals surface area contributed by atoms with Crippen LogP contribution in [0.4, 0.5) is 10.1 Å². The topological polar surface area (TPSA) is 23.5 Å². The Balaban J connectivity index is 1.82. The Kier molecular flexibility index (Phi) is 3.38. The lowest BCUT2D eigenvalue weighted by molar-refractivity contribution is 0.265. The van der Waals surface area contributed by atoms with Crippen LogP contribution in [0.1, 0.15) is 41.5 Å². The maximum atomic E-state index is 13.7. The number of benzene rings is 2. The predicted octanol–water partition coefficient (Wildman–Crippen LogP) is 3.80. The molecule has 2 aliphatic rings. The summed E-state index contributed by atoms with van der Waals surface area (Å²) in [5.41, 5.74) is 5.03. The number of nitrogens with zero attached hydrogens (tertiary/aromatic N) is 1. The third kappa shape index (κ3) is 2.12. The van der Waals surface area contributed by atoms with Crippen molar-refractivity contribution in [3.05, 3.63) is 65.0 Å². The van der Waals surface area contributed by atoms with Crippen LogP contribution in [0.25, 0.3) is 0 Å². The van der Waals surface area contributed by atoms with Crippen LogP contribution in [-0.2, 0) is 6.42 Å². The van der Waals surface area contributed by atoms with E-state index in [9.17, 15) is 9.50 Å². The van der Waals surface area contributed by atoms with Gasteiger partial charge in [-0.3, -0.25) is 0 Å². The second-order valence-electron chi connectivity index (χ2n) is 6.31. The van der Waals surface area contributed by atoms with Crippen molar-refractivity contribution in [3.8, 4) is 0 Å². The Morgan fingerprint density at radius 2 is 2.00 bits per heavy atom. The van der Waals surface area contributed by atoms with Crippen molar-refractivity contribution in [2.75, 3.05) is 18.1 Å². The van der Waals surface area contributed by atoms with Gasteiger partial charge in [-0.15, -0.1) is 0 Å². The van der Waals surface area contributed by atoms with E-state index in [1.807, 2.05) is 6.07 Å². The summed E-state index contributed by atoms with van der Waals surface area (Å²) in [5.74, 6) is 0.0423. The summed E-state index contributed by atoms with van der Waals surface area (Å²) >= 11 is 0. The summed E-state index contributed by atoms with van der Waals surface area (Å²) in [4.78, 5) is 2.42. The minimum absolute atomic E-state index is 0.148. The first-order valence-electron chi connectivity index (χ1n) is 8.02. The van der Waals surface area contributed by atoms with Gasteiger partial charge in [-0.1, -0.05) is 24.3 Å². The normalized spacial score (nSPS) is 22.7. The van der Waals surface area contributed by atoms with E-state index in [4.69, 9.17) is 0 Å². The molecular formula is C19H20FNO. The van der Waals surface area contributed by atoms with Gasteiger partial charge in [0.1, 0.15) is 5.82 Å². The molecular weight excluding hydrogens is 277 g/mol. The van der Waals surface area contributed by atoms with Crippen LogP contribution in [-0.4, -0.2) is 18.3 Å². The number of fused-ring (bicyclic) bond motifs is 5. The highest BCUT2D eigenvalue weighted by Gasteiger charge is 2.36. The highest BCUT2D eigenvalue weighted by Crippen LogP contribution is 2.48. The fourth-order valence-electron chi connectivity index (χ4n) is 4.13. The van der Waals surface area contributed by atoms with Gasteiger partial charge in [0, 0.05) is 18.8 Å². The number of hydrogen-bond acceptors (Lipinski definition) is 2. The monoisotopic (exact) mass is 297 g/mol. The maximum absolute atomic E-state index is 13.7. The number of rotatable bonds is 2. The second kappa shape index (κ2) is 5.40. The SMILES string of the molecule is OCC[C@@H]1C[C@@H]2c3ccccc3CCN2c2ccc(F)cc21. The Bertz CT molecular complexity index is 700. The third-order valence-electron chi connectivity index (χ3n) is 5.14. The number of hydrogen-bond donors (Lipinski definition) is 1. The van der Waals surface area contributed by atoms with Crippen molar-refractivity contribution in [2.45, 2.75) is 31.2 Å². The molecule has 0 radical (unpaired) electrons. The molecule has 2 nitrogen and oxygen atoms in total. The van der Waals surface area contributed by atoms with Crippen molar-refractivity contribution in [1.29, 1.82) is 0 Å². The molecule has 0 spiro atoms. The molecule has 22 heavy (non-hydrogen) atoms. The molecule has 2 heterocycles. The fourth-order valence-corrected chi connectivity index (χ4v) is 4.13. The zero-order valence-electron chi connectivity index (χ0n) is 12.5. The average molecular weight is 297 g/mol. The molecule has 0 fully saturated rings. The zero-order chi connectivity index (χ0) is 15.1. The van der Waals surface area contributed by atoms with Crippen molar-refractivity contribution in [2.24, 2.45) is 0 Å². The first-order chi connectivity index (χ1) is 10.8. The Hall–Kier alpha value is -1.87. The fraction of sp³-hybridized carbons (Fsp3) is 0.368. The molecule has 0 amide bonds. The summed E-state index contributed by atoms with van der Waals surface area (Å²) < 4.78 is 13.7. The van der Waals surface area contributed by atoms with Crippen LogP contribution >= 0.6 is 0 Å². The van der Waals surface area contributed by atoms with Crippen molar-refractivity contribution in [3.63, 3.8) is 0 Å². The minimum atomic E-state index is -0.183. The van der Waals surface area contributed by atoms with E-state index in [-0.39, 0.29) is 18.3 Å². The van der Waals surface area contributed by atoms with Crippen LogP contribution in [0, 0.1) is 5.82 Å². The molecule has 1 N–H and O–H groups in total. The van der Waals surface area contributed by atoms with Crippen LogP contribution in [0.15, 0.2) is 42.5 Å². The molecule has 3 heteroatoms. The van der Waals surface area contributed by atoms with E-state index < -0.39 is 0 Å². The van der Waals surface area contributed by atoms with Crippen LogP contribution in [0.5, 0.6) is 0 Å². The molecule has 4 rings (SSSR count). The lowest BCUT2D eigenvalue weighted by Gasteiger charge is -2.46. The molecule has 0 saturated carbocycles. The summed E-state index contributed by atoms with van der Waals surface area (Å²) in [6.07, 6.45) is 2.69. The van der Waals surface area contributed by atoms with E-state index in [0.29, 0.717) is 12.5 Å². The van der Waals surface area contributed by atoms with E-state index in [1.165, 1.54) is 11.1 Å². The van der Waals surface area contributed by atoms with Crippen LogP contribution < -0.4 is 4.90 Å². The molecule has 0 aliphatic carbocycles. The predicted molar refractivity (Wildman–Crippen MR) is 85.7 cm³/mol. The lowest BCUT2D eigenvalue weighted by Crippen LogP contribution is -2.40. The van der Waals surface area contributed by atoms with Crippen LogP contribution in [0.3, 0.4) is 0 Å². The summed E-state index contributed by atoms with van der Waals surface area (Å²) in [5, 5.41) is 9.40. The van der Waals surface area contributed by atoms with Crippen molar-refractivity contribution in [1.82, 2.24) is 0 Å². The van der Waals surface area contributed by atoms with Crippen molar-refractivity contribution >= 4 is 5.69 Å². The first kappa shape index (κ1) is 13.8. The number of anilines is 1. The number of halogens is 1. The Morgan fingerprint density at radius 3 is 2.86 bits per heavy atom. The quantitative estimate of drug-likeness (QED) is 0.911. The van der Waals surface area contributed by atoms with E-state index in [0.717, 1.165) is 30.6 Å². The smallest absolute Gasteiger partial charge is 0.123 e. The Labute approximate surface area is 130 Å². The van der Waals surface area contributed by atoms with Gasteiger partial charge in [-0.25, -0.2) is 4.39 Å². The average Bonchev–Trinajstić information content (AvgIpc) is 2.55. The Morgan fingerprint density at radius 1 is 1.14 bits per heavy atom. The number of aliphatic hydroxyl groups is 1. The van der Waals surface area contributed by atoms with Gasteiger partial charge < -0.3 is 10.0 Å². The van der Waals surface area contributed by atoms with Gasteiger partial charge in [0.25, 0.3) is 0 Å². The van der Waals surface area contributed by atoms with Crippen molar-refractivity contribution < 1.29 is 9.50 Å². The van der Waals surface area contributed by atoms with E-state index >= 15 is 0 Å². The van der Waals surface area contributed by atoms with Gasteiger partial charge in [0.15, 0.2) is 0 Å². The highest BCUT2D eigenvalue weighted by atomic mass is 19.1. The molecule has 2 aromatic carbocycles. The number of aliphatic hydroxyl groups excluding tert-OH is 1. The summed E-state index contributed by atoms with van der Waals surface area (Å²) in [6.45, 7) is 1.13.